The van der Waals surface area contributed by atoms with Crippen molar-refractivity contribution < 1.29 is 4.79 Å². The van der Waals surface area contributed by atoms with Crippen molar-refractivity contribution in [3.63, 3.8) is 0 Å². The molecule has 0 N–H and O–H groups in total. The molecule has 2 aromatic carbocycles. The number of halogens is 1. The molecule has 2 aromatic rings. The van der Waals surface area contributed by atoms with Crippen molar-refractivity contribution in [3.05, 3.63) is 71.8 Å². The third kappa shape index (κ3) is 2.23. The molecule has 4 aliphatic carbocycles. The number of alkyl halides is 1. The Labute approximate surface area is 158 Å². The Balaban J connectivity index is 1.54. The predicted octanol–water partition coefficient (Wildman–Crippen LogP) is 5.78. The van der Waals surface area contributed by atoms with Gasteiger partial charge >= 0.3 is 0 Å². The molecule has 0 amide bonds. The zero-order valence-electron chi connectivity index (χ0n) is 14.3. The van der Waals surface area contributed by atoms with E-state index in [1.54, 1.807) is 0 Å². The van der Waals surface area contributed by atoms with Crippen LogP contribution in [0, 0.1) is 17.8 Å². The van der Waals surface area contributed by atoms with E-state index in [0.717, 1.165) is 24.3 Å². The Hall–Kier alpha value is -1.41. The van der Waals surface area contributed by atoms with E-state index < -0.39 is 0 Å². The van der Waals surface area contributed by atoms with Crippen molar-refractivity contribution in [2.75, 3.05) is 0 Å². The van der Waals surface area contributed by atoms with Crippen LogP contribution in [0.3, 0.4) is 0 Å². The number of Topliss-reactive ketones (excluding diaryl/α,β-unsaturated/α-hetero) is 1. The molecule has 2 heteroatoms. The molecular formula is C23H23BrO. The number of carbonyl (C=O) groups is 1. The Morgan fingerprint density at radius 2 is 1.40 bits per heavy atom. The van der Waals surface area contributed by atoms with Crippen molar-refractivity contribution in [2.24, 2.45) is 17.8 Å². The fraction of sp³-hybridized carbons (Fsp3) is 0.435. The monoisotopic (exact) mass is 394 g/mol. The molecule has 4 bridgehead atoms. The normalized spacial score (nSPS) is 38.7. The number of rotatable bonds is 3. The Morgan fingerprint density at radius 3 is 2.00 bits per heavy atom. The molecule has 4 fully saturated rings. The van der Waals surface area contributed by atoms with Crippen molar-refractivity contribution >= 4 is 21.7 Å². The van der Waals surface area contributed by atoms with Crippen LogP contribution in [0.4, 0.5) is 0 Å². The summed E-state index contributed by atoms with van der Waals surface area (Å²) >= 11 is 4.04. The molecule has 0 heterocycles. The molecule has 5 atom stereocenters. The quantitative estimate of drug-likeness (QED) is 0.476. The number of hydrogen-bond acceptors (Lipinski definition) is 1. The number of ketones is 1. The standard InChI is InChI=1S/C23H23BrO/c24-23(21(25)17-7-3-1-4-8-17)19-11-16-12-20(23)15-22(13-16,14-19)18-9-5-2-6-10-18/h1-10,16,19-20H,11-15H2/t16?,19-,20+,22?,23?. The van der Waals surface area contributed by atoms with Crippen LogP contribution < -0.4 is 0 Å². The minimum atomic E-state index is -0.358. The van der Waals surface area contributed by atoms with E-state index in [0.29, 0.717) is 23.0 Å². The minimum absolute atomic E-state index is 0.298. The molecule has 0 radical (unpaired) electrons. The highest BCUT2D eigenvalue weighted by molar-refractivity contribution is 9.10. The predicted molar refractivity (Wildman–Crippen MR) is 104 cm³/mol. The maximum atomic E-state index is 13.5. The van der Waals surface area contributed by atoms with Gasteiger partial charge in [-0.3, -0.25) is 4.79 Å². The molecule has 25 heavy (non-hydrogen) atoms. The lowest BCUT2D eigenvalue weighted by molar-refractivity contribution is -0.0265. The van der Waals surface area contributed by atoms with Crippen LogP contribution in [-0.2, 0) is 5.41 Å². The van der Waals surface area contributed by atoms with Gasteiger partial charge in [-0.2, -0.15) is 0 Å². The minimum Gasteiger partial charge on any atom is -0.293 e. The van der Waals surface area contributed by atoms with Gasteiger partial charge in [0.15, 0.2) is 5.78 Å². The van der Waals surface area contributed by atoms with Gasteiger partial charge in [0.1, 0.15) is 0 Å². The lowest BCUT2D eigenvalue weighted by Gasteiger charge is -2.63. The zero-order valence-corrected chi connectivity index (χ0v) is 15.9. The van der Waals surface area contributed by atoms with Crippen LogP contribution >= 0.6 is 15.9 Å². The highest BCUT2D eigenvalue weighted by Gasteiger charge is 2.64. The second-order valence-electron chi connectivity index (χ2n) is 8.45. The molecule has 0 aromatic heterocycles. The summed E-state index contributed by atoms with van der Waals surface area (Å²) in [6, 6.07) is 21.0. The fourth-order valence-corrected chi connectivity index (χ4v) is 7.21. The van der Waals surface area contributed by atoms with Crippen LogP contribution in [0.2, 0.25) is 0 Å². The second-order valence-corrected chi connectivity index (χ2v) is 9.77. The number of hydrogen-bond donors (Lipinski definition) is 0. The maximum absolute atomic E-state index is 13.5. The lowest BCUT2D eigenvalue weighted by Crippen LogP contribution is -2.62. The van der Waals surface area contributed by atoms with E-state index in [9.17, 15) is 4.79 Å². The van der Waals surface area contributed by atoms with Gasteiger partial charge in [0.05, 0.1) is 4.32 Å². The summed E-state index contributed by atoms with van der Waals surface area (Å²) in [6.45, 7) is 0. The van der Waals surface area contributed by atoms with E-state index in [-0.39, 0.29) is 4.32 Å². The summed E-state index contributed by atoms with van der Waals surface area (Å²) in [5.74, 6) is 2.00. The van der Waals surface area contributed by atoms with Crippen LogP contribution in [0.25, 0.3) is 0 Å². The van der Waals surface area contributed by atoms with E-state index in [2.05, 4.69) is 46.3 Å². The van der Waals surface area contributed by atoms with E-state index in [1.807, 2.05) is 30.3 Å². The van der Waals surface area contributed by atoms with Crippen molar-refractivity contribution in [2.45, 2.75) is 41.8 Å². The Morgan fingerprint density at radius 1 is 0.840 bits per heavy atom. The third-order valence-corrected chi connectivity index (χ3v) is 8.80. The smallest absolute Gasteiger partial charge is 0.180 e. The summed E-state index contributed by atoms with van der Waals surface area (Å²) in [7, 11) is 0. The third-order valence-electron chi connectivity index (χ3n) is 7.15. The first kappa shape index (κ1) is 15.8. The summed E-state index contributed by atoms with van der Waals surface area (Å²) in [5.41, 5.74) is 2.66. The molecule has 0 spiro atoms. The van der Waals surface area contributed by atoms with Gasteiger partial charge < -0.3 is 0 Å². The van der Waals surface area contributed by atoms with Gasteiger partial charge in [-0.05, 0) is 60.8 Å². The SMILES string of the molecule is O=C(c1ccccc1)C1(Br)[C@@H]2CC3C[C@H]1CC(c1ccccc1)(C3)C2. The summed E-state index contributed by atoms with van der Waals surface area (Å²) in [4.78, 5) is 13.5. The molecule has 3 unspecified atom stereocenters. The molecule has 6 rings (SSSR count). The van der Waals surface area contributed by atoms with Crippen molar-refractivity contribution in [1.82, 2.24) is 0 Å². The molecule has 4 aliphatic rings. The zero-order chi connectivity index (χ0) is 17.1. The van der Waals surface area contributed by atoms with E-state index in [1.165, 1.54) is 24.8 Å². The molecule has 0 aliphatic heterocycles. The van der Waals surface area contributed by atoms with Crippen molar-refractivity contribution in [1.29, 1.82) is 0 Å². The fourth-order valence-electron chi connectivity index (χ4n) is 6.28. The molecular weight excluding hydrogens is 372 g/mol. The highest BCUT2D eigenvalue weighted by atomic mass is 79.9. The first-order valence-electron chi connectivity index (χ1n) is 9.46. The van der Waals surface area contributed by atoms with E-state index >= 15 is 0 Å². The lowest BCUT2D eigenvalue weighted by atomic mass is 9.44. The Bertz CT molecular complexity index is 781. The number of benzene rings is 2. The molecule has 4 saturated carbocycles. The molecule has 0 saturated heterocycles. The van der Waals surface area contributed by atoms with Gasteiger partial charge in [0.2, 0.25) is 0 Å². The average molecular weight is 395 g/mol. The average Bonchev–Trinajstić information content (AvgIpc) is 2.66. The van der Waals surface area contributed by atoms with Crippen LogP contribution in [0.15, 0.2) is 60.7 Å². The molecule has 1 nitrogen and oxygen atoms in total. The first-order valence-corrected chi connectivity index (χ1v) is 10.3. The van der Waals surface area contributed by atoms with Crippen LogP contribution in [0.5, 0.6) is 0 Å². The van der Waals surface area contributed by atoms with Crippen molar-refractivity contribution in [3.8, 4) is 0 Å². The van der Waals surface area contributed by atoms with Crippen LogP contribution in [-0.4, -0.2) is 10.1 Å². The van der Waals surface area contributed by atoms with Gasteiger partial charge in [0.25, 0.3) is 0 Å². The van der Waals surface area contributed by atoms with E-state index in [4.69, 9.17) is 0 Å². The largest absolute Gasteiger partial charge is 0.293 e. The van der Waals surface area contributed by atoms with Crippen LogP contribution in [0.1, 0.15) is 48.0 Å². The second kappa shape index (κ2) is 5.54. The summed E-state index contributed by atoms with van der Waals surface area (Å²) in [5, 5.41) is 0. The topological polar surface area (TPSA) is 17.1 Å². The number of carbonyl (C=O) groups excluding carboxylic acids is 1. The van der Waals surface area contributed by atoms with Gasteiger partial charge in [-0.25, -0.2) is 0 Å². The Kier molecular flexibility index (Phi) is 3.51. The van der Waals surface area contributed by atoms with Gasteiger partial charge in [0, 0.05) is 5.56 Å². The van der Waals surface area contributed by atoms with Gasteiger partial charge in [-0.15, -0.1) is 0 Å². The summed E-state index contributed by atoms with van der Waals surface area (Å²) < 4.78 is -0.358. The highest BCUT2D eigenvalue weighted by Crippen LogP contribution is 2.67. The first-order chi connectivity index (χ1) is 12.1. The van der Waals surface area contributed by atoms with Gasteiger partial charge in [-0.1, -0.05) is 76.6 Å². The summed E-state index contributed by atoms with van der Waals surface area (Å²) in [6.07, 6.45) is 6.01. The molecule has 128 valence electrons. The maximum Gasteiger partial charge on any atom is 0.180 e.